The lowest BCUT2D eigenvalue weighted by molar-refractivity contribution is -0.110. The first-order valence-electron chi connectivity index (χ1n) is 9.51. The van der Waals surface area contributed by atoms with Crippen molar-refractivity contribution in [3.8, 4) is 5.75 Å². The summed E-state index contributed by atoms with van der Waals surface area (Å²) in [7, 11) is 0. The molecular formula is C24H28BrNO2. The fraction of sp³-hybridized carbons (Fsp3) is 0.375. The summed E-state index contributed by atoms with van der Waals surface area (Å²) in [5.74, 6) is 0.247. The van der Waals surface area contributed by atoms with E-state index < -0.39 is 0 Å². The summed E-state index contributed by atoms with van der Waals surface area (Å²) in [6.45, 7) is 14.5. The van der Waals surface area contributed by atoms with E-state index in [9.17, 15) is 9.90 Å². The average molecular weight is 442 g/mol. The summed E-state index contributed by atoms with van der Waals surface area (Å²) < 4.78 is 0.977. The third-order valence-corrected chi connectivity index (χ3v) is 6.08. The van der Waals surface area contributed by atoms with Gasteiger partial charge in [-0.05, 0) is 59.2 Å². The van der Waals surface area contributed by atoms with Crippen LogP contribution in [-0.2, 0) is 15.6 Å². The molecule has 0 bridgehead atoms. The highest BCUT2D eigenvalue weighted by atomic mass is 79.9. The summed E-state index contributed by atoms with van der Waals surface area (Å²) in [4.78, 5) is 12.7. The minimum absolute atomic E-state index is 0.0982. The van der Waals surface area contributed by atoms with Gasteiger partial charge in [-0.15, -0.1) is 0 Å². The zero-order chi connectivity index (χ0) is 21.0. The van der Waals surface area contributed by atoms with Crippen LogP contribution in [0.3, 0.4) is 0 Å². The summed E-state index contributed by atoms with van der Waals surface area (Å²) in [5.41, 5.74) is 5.72. The van der Waals surface area contributed by atoms with E-state index in [2.05, 4.69) is 62.8 Å². The Morgan fingerprint density at radius 3 is 2.04 bits per heavy atom. The smallest absolute Gasteiger partial charge is 0.256 e. The van der Waals surface area contributed by atoms with Gasteiger partial charge in [-0.1, -0.05) is 57.5 Å². The van der Waals surface area contributed by atoms with Crippen LogP contribution >= 0.6 is 15.9 Å². The number of aromatic hydroxyl groups is 1. The molecule has 3 nitrogen and oxygen atoms in total. The Morgan fingerprint density at radius 1 is 1.00 bits per heavy atom. The molecule has 0 saturated heterocycles. The van der Waals surface area contributed by atoms with Crippen molar-refractivity contribution >= 4 is 39.2 Å². The van der Waals surface area contributed by atoms with Crippen LogP contribution < -0.4 is 5.32 Å². The molecular weight excluding hydrogens is 414 g/mol. The second-order valence-electron chi connectivity index (χ2n) is 9.57. The Morgan fingerprint density at radius 2 is 1.54 bits per heavy atom. The molecule has 3 rings (SSSR count). The average Bonchev–Trinajstić information content (AvgIpc) is 2.87. The van der Waals surface area contributed by atoms with E-state index in [4.69, 9.17) is 0 Å². The molecule has 2 aromatic rings. The van der Waals surface area contributed by atoms with Crippen LogP contribution in [0.5, 0.6) is 5.75 Å². The molecule has 1 aliphatic heterocycles. The summed E-state index contributed by atoms with van der Waals surface area (Å²) in [6.07, 6.45) is 1.94. The van der Waals surface area contributed by atoms with Crippen LogP contribution in [-0.4, -0.2) is 11.0 Å². The number of hydrogen-bond donors (Lipinski definition) is 2. The van der Waals surface area contributed by atoms with Gasteiger partial charge in [0.05, 0.1) is 0 Å². The number of amides is 1. The lowest BCUT2D eigenvalue weighted by atomic mass is 9.78. The minimum Gasteiger partial charge on any atom is -0.507 e. The standard InChI is InChI=1S/C24H28BrNO2/c1-13-18(25)8-9-19-20(13)15(22(28)26-19)10-14-11-16(23(2,3)4)21(27)17(12-14)24(5,6)7/h8-12,27H,1-7H3,(H,26,28). The summed E-state index contributed by atoms with van der Waals surface area (Å²) in [5, 5.41) is 13.9. The van der Waals surface area contributed by atoms with E-state index >= 15 is 0 Å². The van der Waals surface area contributed by atoms with Crippen molar-refractivity contribution in [2.75, 3.05) is 5.32 Å². The van der Waals surface area contributed by atoms with Gasteiger partial charge in [0.15, 0.2) is 0 Å². The van der Waals surface area contributed by atoms with Crippen molar-refractivity contribution in [3.05, 3.63) is 56.6 Å². The van der Waals surface area contributed by atoms with Gasteiger partial charge in [0, 0.05) is 32.4 Å². The maximum Gasteiger partial charge on any atom is 0.256 e. The van der Waals surface area contributed by atoms with Gasteiger partial charge in [0.2, 0.25) is 0 Å². The van der Waals surface area contributed by atoms with E-state index in [1.165, 1.54) is 0 Å². The van der Waals surface area contributed by atoms with Crippen molar-refractivity contribution in [3.63, 3.8) is 0 Å². The highest BCUT2D eigenvalue weighted by Crippen LogP contribution is 2.42. The number of phenolic OH excluding ortho intramolecular Hbond substituents is 1. The zero-order valence-corrected chi connectivity index (χ0v) is 19.2. The molecule has 148 valence electrons. The van der Waals surface area contributed by atoms with Crippen LogP contribution in [0.4, 0.5) is 5.69 Å². The van der Waals surface area contributed by atoms with Gasteiger partial charge in [-0.3, -0.25) is 4.79 Å². The Labute approximate surface area is 176 Å². The minimum atomic E-state index is -0.215. The Hall–Kier alpha value is -2.07. The molecule has 0 radical (unpaired) electrons. The number of carbonyl (C=O) groups is 1. The molecule has 0 aliphatic carbocycles. The van der Waals surface area contributed by atoms with Crippen molar-refractivity contribution in [2.45, 2.75) is 59.3 Å². The van der Waals surface area contributed by atoms with Crippen LogP contribution in [0.25, 0.3) is 11.6 Å². The third kappa shape index (κ3) is 3.62. The number of halogens is 1. The topological polar surface area (TPSA) is 49.3 Å². The van der Waals surface area contributed by atoms with Crippen molar-refractivity contribution in [1.82, 2.24) is 0 Å². The lowest BCUT2D eigenvalue weighted by Crippen LogP contribution is -2.17. The van der Waals surface area contributed by atoms with Crippen molar-refractivity contribution in [1.29, 1.82) is 0 Å². The van der Waals surface area contributed by atoms with Gasteiger partial charge >= 0.3 is 0 Å². The first-order chi connectivity index (χ1) is 12.8. The van der Waals surface area contributed by atoms with Crippen molar-refractivity contribution in [2.24, 2.45) is 0 Å². The molecule has 2 N–H and O–H groups in total. The number of rotatable bonds is 1. The second-order valence-corrected chi connectivity index (χ2v) is 10.4. The number of anilines is 1. The number of fused-ring (bicyclic) bond motifs is 1. The molecule has 0 spiro atoms. The predicted octanol–water partition coefficient (Wildman–Crippen LogP) is 6.55. The number of phenols is 1. The Balaban J connectivity index is 2.27. The van der Waals surface area contributed by atoms with E-state index in [1.54, 1.807) is 0 Å². The molecule has 1 aliphatic rings. The van der Waals surface area contributed by atoms with Crippen LogP contribution in [0.15, 0.2) is 28.7 Å². The molecule has 4 heteroatoms. The van der Waals surface area contributed by atoms with E-state index in [1.807, 2.05) is 37.3 Å². The molecule has 0 atom stereocenters. The predicted molar refractivity (Wildman–Crippen MR) is 121 cm³/mol. The first kappa shape index (κ1) is 20.7. The maximum absolute atomic E-state index is 12.7. The van der Waals surface area contributed by atoms with E-state index in [-0.39, 0.29) is 16.7 Å². The number of nitrogens with one attached hydrogen (secondary N) is 1. The lowest BCUT2D eigenvalue weighted by Gasteiger charge is -2.28. The number of hydrogen-bond acceptors (Lipinski definition) is 2. The van der Waals surface area contributed by atoms with Crippen LogP contribution in [0.2, 0.25) is 0 Å². The highest BCUT2D eigenvalue weighted by molar-refractivity contribution is 9.10. The normalized spacial score (nSPS) is 15.7. The molecule has 0 unspecified atom stereocenters. The molecule has 28 heavy (non-hydrogen) atoms. The van der Waals surface area contributed by atoms with Gasteiger partial charge in [-0.2, -0.15) is 0 Å². The van der Waals surface area contributed by atoms with Crippen LogP contribution in [0, 0.1) is 6.92 Å². The maximum atomic E-state index is 12.7. The molecule has 1 amide bonds. The molecule has 0 saturated carbocycles. The van der Waals surface area contributed by atoms with E-state index in [0.29, 0.717) is 11.3 Å². The second kappa shape index (κ2) is 6.77. The molecule has 1 heterocycles. The molecule has 0 fully saturated rings. The Bertz CT molecular complexity index is 969. The van der Waals surface area contributed by atoms with Gasteiger partial charge in [0.1, 0.15) is 5.75 Å². The molecule has 0 aromatic heterocycles. The fourth-order valence-corrected chi connectivity index (χ4v) is 3.96. The van der Waals surface area contributed by atoms with Gasteiger partial charge in [-0.25, -0.2) is 0 Å². The largest absolute Gasteiger partial charge is 0.507 e. The Kier molecular flexibility index (Phi) is 4.99. The quantitative estimate of drug-likeness (QED) is 0.492. The van der Waals surface area contributed by atoms with Gasteiger partial charge in [0.25, 0.3) is 5.91 Å². The monoisotopic (exact) mass is 441 g/mol. The first-order valence-corrected chi connectivity index (χ1v) is 10.3. The van der Waals surface area contributed by atoms with Gasteiger partial charge < -0.3 is 10.4 Å². The summed E-state index contributed by atoms with van der Waals surface area (Å²) in [6, 6.07) is 7.86. The SMILES string of the molecule is Cc1c(Br)ccc2c1C(=Cc1cc(C(C)(C)C)c(O)c(C(C)(C)C)c1)C(=O)N2. The molecule has 2 aromatic carbocycles. The number of carbonyl (C=O) groups excluding carboxylic acids is 1. The fourth-order valence-electron chi connectivity index (χ4n) is 3.63. The number of benzene rings is 2. The summed E-state index contributed by atoms with van der Waals surface area (Å²) >= 11 is 3.57. The van der Waals surface area contributed by atoms with Crippen molar-refractivity contribution < 1.29 is 9.90 Å². The highest BCUT2D eigenvalue weighted by Gasteiger charge is 2.29. The zero-order valence-electron chi connectivity index (χ0n) is 17.6. The third-order valence-electron chi connectivity index (χ3n) is 5.22. The van der Waals surface area contributed by atoms with Crippen LogP contribution in [0.1, 0.15) is 69.4 Å². The van der Waals surface area contributed by atoms with E-state index in [0.717, 1.165) is 38.0 Å².